The fourth-order valence-corrected chi connectivity index (χ4v) is 4.84. The van der Waals surface area contributed by atoms with Crippen molar-refractivity contribution in [3.63, 3.8) is 0 Å². The van der Waals surface area contributed by atoms with Gasteiger partial charge in [0.1, 0.15) is 24.0 Å². The number of hydrogen-bond donors (Lipinski definition) is 3. The lowest BCUT2D eigenvalue weighted by Gasteiger charge is -2.25. The van der Waals surface area contributed by atoms with E-state index in [1.165, 1.54) is 6.07 Å². The minimum absolute atomic E-state index is 0.0571. The van der Waals surface area contributed by atoms with Gasteiger partial charge in [0.05, 0.1) is 25.0 Å². The summed E-state index contributed by atoms with van der Waals surface area (Å²) in [5.74, 6) is -1.69. The number of nitrogens with one attached hydrogen (secondary N) is 2. The molecule has 3 rings (SSSR count). The Morgan fingerprint density at radius 1 is 0.957 bits per heavy atom. The molecule has 0 heterocycles. The van der Waals surface area contributed by atoms with Gasteiger partial charge < -0.3 is 30.2 Å². The lowest BCUT2D eigenvalue weighted by molar-refractivity contribution is 0.0795. The van der Waals surface area contributed by atoms with Gasteiger partial charge in [-0.1, -0.05) is 31.1 Å². The minimum atomic E-state index is -1.15. The molecule has 9 nitrogen and oxygen atoms in total. The average molecular weight is 639 g/mol. The summed E-state index contributed by atoms with van der Waals surface area (Å²) in [5.41, 5.74) is 2.61. The number of aliphatic hydroxyl groups excluding tert-OH is 1. The van der Waals surface area contributed by atoms with Gasteiger partial charge in [-0.3, -0.25) is 9.59 Å². The molecule has 3 N–H and O–H groups in total. The number of ether oxygens (including phenoxy) is 1. The van der Waals surface area contributed by atoms with Crippen LogP contribution in [-0.2, 0) is 17.8 Å². The third-order valence-electron chi connectivity index (χ3n) is 7.24. The maximum absolute atomic E-state index is 14.1. The summed E-state index contributed by atoms with van der Waals surface area (Å²) in [4.78, 5) is 33.9. The van der Waals surface area contributed by atoms with Crippen LogP contribution in [0.15, 0.2) is 65.8 Å². The largest absolute Gasteiger partial charge is 0.497 e. The van der Waals surface area contributed by atoms with Crippen molar-refractivity contribution in [2.45, 2.75) is 58.7 Å². The van der Waals surface area contributed by atoms with E-state index >= 15 is 0 Å². The Hall–Kier alpha value is -4.35. The minimum Gasteiger partial charge on any atom is -0.497 e. The van der Waals surface area contributed by atoms with Crippen molar-refractivity contribution in [1.82, 2.24) is 15.5 Å². The molecule has 0 aliphatic carbocycles. The van der Waals surface area contributed by atoms with Crippen molar-refractivity contribution in [3.05, 3.63) is 100 Å². The van der Waals surface area contributed by atoms with E-state index in [4.69, 9.17) is 9.57 Å². The number of methoxy groups -OCH3 is 1. The number of hydrogen-bond acceptors (Lipinski definition) is 7. The van der Waals surface area contributed by atoms with E-state index < -0.39 is 29.7 Å². The smallest absolute Gasteiger partial charge is 0.253 e. The van der Waals surface area contributed by atoms with Crippen molar-refractivity contribution in [3.8, 4) is 5.75 Å². The second-order valence-corrected chi connectivity index (χ2v) is 11.1. The normalized spacial score (nSPS) is 12.7. The number of carbonyl (C=O) groups excluding carboxylic acids is 2. The predicted octanol–water partition coefficient (Wildman–Crippen LogP) is 5.10. The quantitative estimate of drug-likeness (QED) is 0.108. The lowest BCUT2D eigenvalue weighted by atomic mass is 9.98. The number of halogens is 2. The van der Waals surface area contributed by atoms with Crippen LogP contribution in [0.5, 0.6) is 5.75 Å². The summed E-state index contributed by atoms with van der Waals surface area (Å²) in [6, 6.07) is 14.3. The van der Waals surface area contributed by atoms with E-state index in [9.17, 15) is 23.5 Å². The summed E-state index contributed by atoms with van der Waals surface area (Å²) in [6.07, 6.45) is 0.315. The van der Waals surface area contributed by atoms with Gasteiger partial charge in [-0.2, -0.15) is 0 Å². The van der Waals surface area contributed by atoms with Crippen LogP contribution in [-0.4, -0.2) is 73.5 Å². The number of benzene rings is 3. The molecular weight excluding hydrogens is 594 g/mol. The number of rotatable bonds is 17. The zero-order valence-corrected chi connectivity index (χ0v) is 27.1. The van der Waals surface area contributed by atoms with Crippen LogP contribution in [0.25, 0.3) is 0 Å². The molecule has 0 aromatic heterocycles. The standard InChI is InChI=1S/C35H44F2N4O5/c1-6-11-41(4)35(44)28-18-26(23(3)40-46-12-7-2)17-27(19-28)34(43)39-32(16-25-13-29(36)20-30(37)14-25)33(42)22-38-21-24-9-8-10-31(15-24)45-5/h8-10,13-15,17-20,32-33,38,42H,6-7,11-12,16,21-22H2,1-5H3,(H,39,43)/b40-23+/t32-,33+/m0/s1. The highest BCUT2D eigenvalue weighted by Gasteiger charge is 2.25. The first-order valence-corrected chi connectivity index (χ1v) is 15.4. The van der Waals surface area contributed by atoms with Crippen molar-refractivity contribution < 1.29 is 33.1 Å². The maximum atomic E-state index is 14.1. The highest BCUT2D eigenvalue weighted by molar-refractivity contribution is 6.06. The Labute approximate surface area is 269 Å². The fourth-order valence-electron chi connectivity index (χ4n) is 4.84. The van der Waals surface area contributed by atoms with Crippen LogP contribution in [0, 0.1) is 11.6 Å². The molecule has 0 saturated carbocycles. The third-order valence-corrected chi connectivity index (χ3v) is 7.24. The summed E-state index contributed by atoms with van der Waals surface area (Å²) in [7, 11) is 3.26. The van der Waals surface area contributed by atoms with Gasteiger partial charge in [-0.15, -0.1) is 0 Å². The molecule has 0 unspecified atom stereocenters. The monoisotopic (exact) mass is 638 g/mol. The van der Waals surface area contributed by atoms with Crippen molar-refractivity contribution >= 4 is 17.5 Å². The van der Waals surface area contributed by atoms with E-state index in [0.717, 1.165) is 36.6 Å². The topological polar surface area (TPSA) is 112 Å². The first-order valence-electron chi connectivity index (χ1n) is 15.4. The Balaban J connectivity index is 1.90. The second kappa shape index (κ2) is 18.0. The second-order valence-electron chi connectivity index (χ2n) is 11.1. The molecule has 2 amide bonds. The molecule has 11 heteroatoms. The predicted molar refractivity (Wildman–Crippen MR) is 174 cm³/mol. The van der Waals surface area contributed by atoms with Gasteiger partial charge in [-0.25, -0.2) is 8.78 Å². The molecule has 0 radical (unpaired) electrons. The van der Waals surface area contributed by atoms with Gasteiger partial charge in [0, 0.05) is 49.4 Å². The van der Waals surface area contributed by atoms with Gasteiger partial charge >= 0.3 is 0 Å². The van der Waals surface area contributed by atoms with Crippen molar-refractivity contribution in [2.24, 2.45) is 5.16 Å². The Kier molecular flexibility index (Phi) is 14.1. The van der Waals surface area contributed by atoms with Gasteiger partial charge in [-0.05, 0) is 79.8 Å². The van der Waals surface area contributed by atoms with Crippen LogP contribution < -0.4 is 15.4 Å². The van der Waals surface area contributed by atoms with Crippen LogP contribution in [0.2, 0.25) is 0 Å². The molecule has 0 saturated heterocycles. The molecule has 2 atom stereocenters. The molecule has 0 bridgehead atoms. The Morgan fingerprint density at radius 3 is 2.33 bits per heavy atom. The highest BCUT2D eigenvalue weighted by Crippen LogP contribution is 2.17. The van der Waals surface area contributed by atoms with Crippen LogP contribution in [0.4, 0.5) is 8.78 Å². The van der Waals surface area contributed by atoms with Crippen LogP contribution >= 0.6 is 0 Å². The maximum Gasteiger partial charge on any atom is 0.253 e. The third kappa shape index (κ3) is 10.9. The number of carbonyl (C=O) groups is 2. The molecule has 0 fully saturated rings. The molecule has 0 spiro atoms. The number of aliphatic hydroxyl groups is 1. The molecule has 0 aliphatic heterocycles. The van der Waals surface area contributed by atoms with Crippen LogP contribution in [0.1, 0.15) is 71.0 Å². The fraction of sp³-hybridized carbons (Fsp3) is 0.400. The summed E-state index contributed by atoms with van der Waals surface area (Å²) < 4.78 is 33.4. The van der Waals surface area contributed by atoms with E-state index in [1.54, 1.807) is 38.1 Å². The Morgan fingerprint density at radius 2 is 1.65 bits per heavy atom. The first kappa shape index (κ1) is 36.1. The van der Waals surface area contributed by atoms with Gasteiger partial charge in [0.2, 0.25) is 0 Å². The molecule has 0 aliphatic rings. The van der Waals surface area contributed by atoms with E-state index in [0.29, 0.717) is 36.7 Å². The Bertz CT molecular complexity index is 1480. The lowest BCUT2D eigenvalue weighted by Crippen LogP contribution is -2.48. The zero-order chi connectivity index (χ0) is 33.6. The number of amides is 2. The summed E-state index contributed by atoms with van der Waals surface area (Å²) in [6.45, 7) is 7.03. The number of nitrogens with zero attached hydrogens (tertiary/aromatic N) is 2. The van der Waals surface area contributed by atoms with E-state index in [1.807, 2.05) is 38.1 Å². The van der Waals surface area contributed by atoms with Crippen LogP contribution in [0.3, 0.4) is 0 Å². The highest BCUT2D eigenvalue weighted by atomic mass is 19.1. The zero-order valence-electron chi connectivity index (χ0n) is 27.1. The van der Waals surface area contributed by atoms with E-state index in [-0.39, 0.29) is 35.6 Å². The van der Waals surface area contributed by atoms with Crippen molar-refractivity contribution in [1.29, 1.82) is 0 Å². The molecule has 46 heavy (non-hydrogen) atoms. The molecule has 248 valence electrons. The SMILES string of the molecule is CCCO/N=C(\C)c1cc(C(=O)N[C@@H](Cc2cc(F)cc(F)c2)[C@H](O)CNCc2cccc(OC)c2)cc(C(=O)N(C)CCC)c1. The molecule has 3 aromatic rings. The number of oxime groups is 1. The summed E-state index contributed by atoms with van der Waals surface area (Å²) in [5, 5.41) is 21.4. The molecule has 3 aromatic carbocycles. The first-order chi connectivity index (χ1) is 22.0. The average Bonchev–Trinajstić information content (AvgIpc) is 3.03. The van der Waals surface area contributed by atoms with Gasteiger partial charge in [0.25, 0.3) is 11.8 Å². The summed E-state index contributed by atoms with van der Waals surface area (Å²) >= 11 is 0. The van der Waals surface area contributed by atoms with Gasteiger partial charge in [0.15, 0.2) is 0 Å². The van der Waals surface area contributed by atoms with Crippen molar-refractivity contribution in [2.75, 3.05) is 33.9 Å². The molecular formula is C35H44F2N4O5. The van der Waals surface area contributed by atoms with E-state index in [2.05, 4.69) is 15.8 Å².